The second-order valence-electron chi connectivity index (χ2n) is 5.95. The molecular formula is C16H24N2O2. The minimum atomic E-state index is -0.639. The van der Waals surface area contributed by atoms with Crippen molar-refractivity contribution in [3.8, 4) is 0 Å². The van der Waals surface area contributed by atoms with E-state index in [1.54, 1.807) is 0 Å². The van der Waals surface area contributed by atoms with Crippen LogP contribution in [0.25, 0.3) is 0 Å². The van der Waals surface area contributed by atoms with Gasteiger partial charge in [0.25, 0.3) is 0 Å². The van der Waals surface area contributed by atoms with E-state index < -0.39 is 5.97 Å². The van der Waals surface area contributed by atoms with Crippen molar-refractivity contribution >= 4 is 11.7 Å². The fourth-order valence-electron chi connectivity index (χ4n) is 3.02. The molecule has 0 radical (unpaired) electrons. The molecule has 0 spiro atoms. The van der Waals surface area contributed by atoms with E-state index in [4.69, 9.17) is 10.8 Å². The molecule has 0 aliphatic heterocycles. The first-order valence-corrected chi connectivity index (χ1v) is 7.25. The zero-order chi connectivity index (χ0) is 14.7. The van der Waals surface area contributed by atoms with Crippen molar-refractivity contribution in [2.45, 2.75) is 45.2 Å². The molecule has 0 aromatic heterocycles. The van der Waals surface area contributed by atoms with Crippen molar-refractivity contribution < 1.29 is 9.90 Å². The van der Waals surface area contributed by atoms with Gasteiger partial charge >= 0.3 is 5.97 Å². The molecule has 0 heterocycles. The molecule has 20 heavy (non-hydrogen) atoms. The maximum Gasteiger partial charge on any atom is 0.306 e. The van der Waals surface area contributed by atoms with Crippen LogP contribution in [0.3, 0.4) is 0 Å². The van der Waals surface area contributed by atoms with Crippen LogP contribution < -0.4 is 5.73 Å². The van der Waals surface area contributed by atoms with E-state index in [2.05, 4.69) is 24.1 Å². The molecule has 4 nitrogen and oxygen atoms in total. The molecule has 0 amide bonds. The number of hydrogen-bond acceptors (Lipinski definition) is 3. The van der Waals surface area contributed by atoms with Crippen LogP contribution in [0.15, 0.2) is 18.2 Å². The number of carboxylic acid groups (broad SMARTS) is 1. The largest absolute Gasteiger partial charge is 0.481 e. The molecule has 110 valence electrons. The lowest BCUT2D eigenvalue weighted by molar-refractivity contribution is -0.143. The van der Waals surface area contributed by atoms with Crippen LogP contribution in [0.5, 0.6) is 0 Å². The van der Waals surface area contributed by atoms with Gasteiger partial charge in [-0.05, 0) is 56.8 Å². The highest BCUT2D eigenvalue weighted by molar-refractivity contribution is 5.70. The van der Waals surface area contributed by atoms with Crippen molar-refractivity contribution in [3.63, 3.8) is 0 Å². The fraction of sp³-hybridized carbons (Fsp3) is 0.562. The maximum atomic E-state index is 11.0. The van der Waals surface area contributed by atoms with E-state index in [1.165, 1.54) is 5.56 Å². The van der Waals surface area contributed by atoms with Gasteiger partial charge in [0, 0.05) is 18.3 Å². The molecule has 1 aliphatic carbocycles. The average molecular weight is 276 g/mol. The smallest absolute Gasteiger partial charge is 0.306 e. The number of rotatable bonds is 4. The standard InChI is InChI=1S/C16H24N2O2/c1-11-9-12(3-8-15(11)17)10-18(2)14-6-4-13(5-7-14)16(19)20/h3,8-9,13-14H,4-7,10,17H2,1-2H3,(H,19,20). The number of aryl methyl sites for hydroxylation is 1. The van der Waals surface area contributed by atoms with Gasteiger partial charge in [-0.25, -0.2) is 0 Å². The number of nitrogens with two attached hydrogens (primary N) is 1. The number of nitrogen functional groups attached to an aromatic ring is 1. The van der Waals surface area contributed by atoms with E-state index in [0.717, 1.165) is 43.5 Å². The molecule has 2 rings (SSSR count). The Morgan fingerprint density at radius 3 is 2.55 bits per heavy atom. The van der Waals surface area contributed by atoms with Crippen LogP contribution in [0, 0.1) is 12.8 Å². The monoisotopic (exact) mass is 276 g/mol. The Bertz CT molecular complexity index is 479. The second-order valence-corrected chi connectivity index (χ2v) is 5.95. The minimum absolute atomic E-state index is 0.140. The van der Waals surface area contributed by atoms with E-state index in [9.17, 15) is 4.79 Å². The summed E-state index contributed by atoms with van der Waals surface area (Å²) in [7, 11) is 2.12. The number of benzene rings is 1. The summed E-state index contributed by atoms with van der Waals surface area (Å²) in [5.41, 5.74) is 9.05. The summed E-state index contributed by atoms with van der Waals surface area (Å²) in [6.07, 6.45) is 3.54. The van der Waals surface area contributed by atoms with Gasteiger partial charge < -0.3 is 10.8 Å². The minimum Gasteiger partial charge on any atom is -0.481 e. The summed E-state index contributed by atoms with van der Waals surface area (Å²) >= 11 is 0. The Kier molecular flexibility index (Phi) is 4.65. The SMILES string of the molecule is Cc1cc(CN(C)C2CCC(C(=O)O)CC2)ccc1N. The van der Waals surface area contributed by atoms with E-state index in [-0.39, 0.29) is 5.92 Å². The molecule has 3 N–H and O–H groups in total. The molecule has 1 aliphatic rings. The second kappa shape index (κ2) is 6.27. The lowest BCUT2D eigenvalue weighted by atomic mass is 9.85. The van der Waals surface area contributed by atoms with Crippen molar-refractivity contribution in [1.29, 1.82) is 0 Å². The van der Waals surface area contributed by atoms with Crippen LogP contribution in [-0.4, -0.2) is 29.1 Å². The quantitative estimate of drug-likeness (QED) is 0.830. The third-order valence-electron chi connectivity index (χ3n) is 4.44. The van der Waals surface area contributed by atoms with E-state index in [1.807, 2.05) is 13.0 Å². The van der Waals surface area contributed by atoms with Gasteiger partial charge in [-0.15, -0.1) is 0 Å². The molecule has 1 aromatic carbocycles. The van der Waals surface area contributed by atoms with Gasteiger partial charge in [-0.3, -0.25) is 9.69 Å². The zero-order valence-corrected chi connectivity index (χ0v) is 12.3. The molecule has 0 bridgehead atoms. The van der Waals surface area contributed by atoms with Gasteiger partial charge in [-0.2, -0.15) is 0 Å². The van der Waals surface area contributed by atoms with Gasteiger partial charge in [0.05, 0.1) is 5.92 Å². The normalized spacial score (nSPS) is 22.9. The van der Waals surface area contributed by atoms with Crippen LogP contribution in [0.1, 0.15) is 36.8 Å². The van der Waals surface area contributed by atoms with Crippen LogP contribution in [0.2, 0.25) is 0 Å². The van der Waals surface area contributed by atoms with E-state index >= 15 is 0 Å². The Balaban J connectivity index is 1.90. The summed E-state index contributed by atoms with van der Waals surface area (Å²) < 4.78 is 0. The Hall–Kier alpha value is -1.55. The van der Waals surface area contributed by atoms with Gasteiger partial charge in [-0.1, -0.05) is 12.1 Å². The zero-order valence-electron chi connectivity index (χ0n) is 12.3. The lowest BCUT2D eigenvalue weighted by Crippen LogP contribution is -2.36. The van der Waals surface area contributed by atoms with E-state index in [0.29, 0.717) is 6.04 Å². The molecule has 0 unspecified atom stereocenters. The first-order valence-electron chi connectivity index (χ1n) is 7.25. The summed E-state index contributed by atoms with van der Waals surface area (Å²) in [6, 6.07) is 6.65. The molecule has 1 aromatic rings. The van der Waals surface area contributed by atoms with Crippen LogP contribution in [-0.2, 0) is 11.3 Å². The first-order chi connectivity index (χ1) is 9.47. The summed E-state index contributed by atoms with van der Waals surface area (Å²) in [5, 5.41) is 9.03. The summed E-state index contributed by atoms with van der Waals surface area (Å²) in [6.45, 7) is 2.92. The highest BCUT2D eigenvalue weighted by Crippen LogP contribution is 2.28. The summed E-state index contributed by atoms with van der Waals surface area (Å²) in [5.74, 6) is -0.779. The van der Waals surface area contributed by atoms with Crippen LogP contribution in [0.4, 0.5) is 5.69 Å². The van der Waals surface area contributed by atoms with Gasteiger partial charge in [0.15, 0.2) is 0 Å². The number of carboxylic acids is 1. The predicted octanol–water partition coefficient (Wildman–Crippen LogP) is 2.65. The average Bonchev–Trinajstić information content (AvgIpc) is 2.43. The first kappa shape index (κ1) is 14.9. The molecule has 0 atom stereocenters. The Morgan fingerprint density at radius 1 is 1.35 bits per heavy atom. The van der Waals surface area contributed by atoms with Crippen molar-refractivity contribution in [3.05, 3.63) is 29.3 Å². The van der Waals surface area contributed by atoms with Gasteiger partial charge in [0.1, 0.15) is 0 Å². The molecule has 4 heteroatoms. The topological polar surface area (TPSA) is 66.6 Å². The predicted molar refractivity (Wildman–Crippen MR) is 80.4 cm³/mol. The highest BCUT2D eigenvalue weighted by atomic mass is 16.4. The van der Waals surface area contributed by atoms with Gasteiger partial charge in [0.2, 0.25) is 0 Å². The Labute approximate surface area is 120 Å². The number of nitrogens with zero attached hydrogens (tertiary/aromatic N) is 1. The van der Waals surface area contributed by atoms with Crippen molar-refractivity contribution in [2.75, 3.05) is 12.8 Å². The third-order valence-corrected chi connectivity index (χ3v) is 4.44. The number of aliphatic carboxylic acids is 1. The summed E-state index contributed by atoms with van der Waals surface area (Å²) in [4.78, 5) is 13.3. The fourth-order valence-corrected chi connectivity index (χ4v) is 3.02. The molecular weight excluding hydrogens is 252 g/mol. The Morgan fingerprint density at radius 2 is 2.00 bits per heavy atom. The third kappa shape index (κ3) is 3.51. The molecule has 1 fully saturated rings. The number of hydrogen-bond donors (Lipinski definition) is 2. The lowest BCUT2D eigenvalue weighted by Gasteiger charge is -2.33. The van der Waals surface area contributed by atoms with Crippen molar-refractivity contribution in [1.82, 2.24) is 4.90 Å². The highest BCUT2D eigenvalue weighted by Gasteiger charge is 2.27. The molecule has 1 saturated carbocycles. The molecule has 0 saturated heterocycles. The van der Waals surface area contributed by atoms with Crippen molar-refractivity contribution in [2.24, 2.45) is 5.92 Å². The number of anilines is 1. The maximum absolute atomic E-state index is 11.0. The van der Waals surface area contributed by atoms with Crippen LogP contribution >= 0.6 is 0 Å². The number of carbonyl (C=O) groups is 1.